The van der Waals surface area contributed by atoms with Crippen LogP contribution < -0.4 is 5.73 Å². The lowest BCUT2D eigenvalue weighted by molar-refractivity contribution is -0.161. The minimum absolute atomic E-state index is 0.0536. The first kappa shape index (κ1) is 67.2. The van der Waals surface area contributed by atoms with Gasteiger partial charge < -0.3 is 20.1 Å². The van der Waals surface area contributed by atoms with Crippen LogP contribution in [0.25, 0.3) is 0 Å². The minimum Gasteiger partial charge on any atom is -0.462 e. The molecule has 0 aliphatic heterocycles. The summed E-state index contributed by atoms with van der Waals surface area (Å²) in [4.78, 5) is 35.2. The second-order valence-electron chi connectivity index (χ2n) is 19.9. The summed E-state index contributed by atoms with van der Waals surface area (Å²) < 4.78 is 33.0. The van der Waals surface area contributed by atoms with Gasteiger partial charge in [0, 0.05) is 19.4 Å². The van der Waals surface area contributed by atoms with Crippen LogP contribution >= 0.6 is 7.82 Å². The standard InChI is InChI=1S/C59H112NO8P/c1-3-5-7-9-11-13-15-17-19-21-23-25-26-27-28-29-30-32-33-35-37-39-41-43-45-47-49-51-58(61)65-55-57(56-67-69(63,64)66-54-53-60)68-59(62)52-50-48-46-44-42-40-38-36-34-31-24-22-20-18-16-14-12-10-8-6-4-2/h16,18,21-24,57H,3-15,17,19-20,25-56,60H2,1-2H3,(H,63,64)/b18-16-,23-21-,24-22-. The molecule has 0 radical (unpaired) electrons. The number of phosphoric ester groups is 1. The smallest absolute Gasteiger partial charge is 0.462 e. The zero-order valence-electron chi connectivity index (χ0n) is 45.3. The average molecular weight is 995 g/mol. The normalized spacial score (nSPS) is 13.3. The van der Waals surface area contributed by atoms with Gasteiger partial charge in [-0.25, -0.2) is 4.57 Å². The maximum Gasteiger partial charge on any atom is 0.472 e. The summed E-state index contributed by atoms with van der Waals surface area (Å²) in [7, 11) is -4.39. The Kier molecular flexibility index (Phi) is 54.1. The highest BCUT2D eigenvalue weighted by Gasteiger charge is 2.26. The quantitative estimate of drug-likeness (QED) is 0.0264. The number of rotatable bonds is 56. The van der Waals surface area contributed by atoms with Crippen LogP contribution in [0.5, 0.6) is 0 Å². The molecule has 0 amide bonds. The number of allylic oxidation sites excluding steroid dienone is 6. The zero-order chi connectivity index (χ0) is 50.2. The molecule has 0 aliphatic rings. The fourth-order valence-corrected chi connectivity index (χ4v) is 9.37. The SMILES string of the molecule is CCCCCCC/C=C\C/C=C\CCCCCCCCCCCC(=O)OC(COC(=O)CCCCCCCCCCCCCCCCC/C=C\CCCCCCCCCC)COP(=O)(O)OCCN. The van der Waals surface area contributed by atoms with Gasteiger partial charge >= 0.3 is 19.8 Å². The molecule has 0 aromatic carbocycles. The summed E-state index contributed by atoms with van der Waals surface area (Å²) in [5.74, 6) is -0.819. The molecule has 3 N–H and O–H groups in total. The van der Waals surface area contributed by atoms with Crippen molar-refractivity contribution in [3.05, 3.63) is 36.5 Å². The van der Waals surface area contributed by atoms with Gasteiger partial charge in [-0.15, -0.1) is 0 Å². The zero-order valence-corrected chi connectivity index (χ0v) is 46.2. The molecule has 0 bridgehead atoms. The summed E-state index contributed by atoms with van der Waals surface area (Å²) in [6.45, 7) is 3.77. The van der Waals surface area contributed by atoms with Gasteiger partial charge in [0.2, 0.25) is 0 Å². The van der Waals surface area contributed by atoms with Gasteiger partial charge in [-0.05, 0) is 70.6 Å². The summed E-state index contributed by atoms with van der Waals surface area (Å²) in [6.07, 6.45) is 66.3. The van der Waals surface area contributed by atoms with E-state index in [1.54, 1.807) is 0 Å². The Morgan fingerprint density at radius 1 is 0.435 bits per heavy atom. The number of esters is 2. The highest BCUT2D eigenvalue weighted by molar-refractivity contribution is 7.47. The van der Waals surface area contributed by atoms with Crippen LogP contribution in [0.4, 0.5) is 0 Å². The van der Waals surface area contributed by atoms with E-state index in [9.17, 15) is 19.0 Å². The Labute approximate surface area is 426 Å². The van der Waals surface area contributed by atoms with Gasteiger partial charge in [0.1, 0.15) is 6.61 Å². The van der Waals surface area contributed by atoms with Crippen molar-refractivity contribution in [1.82, 2.24) is 0 Å². The van der Waals surface area contributed by atoms with E-state index in [0.717, 1.165) is 51.4 Å². The van der Waals surface area contributed by atoms with Gasteiger partial charge in [0.15, 0.2) is 6.10 Å². The predicted molar refractivity (Wildman–Crippen MR) is 294 cm³/mol. The molecule has 0 spiro atoms. The second kappa shape index (κ2) is 55.5. The average Bonchev–Trinajstić information content (AvgIpc) is 3.34. The van der Waals surface area contributed by atoms with Gasteiger partial charge in [0.05, 0.1) is 13.2 Å². The topological polar surface area (TPSA) is 134 Å². The summed E-state index contributed by atoms with van der Waals surface area (Å²) in [6, 6.07) is 0. The molecule has 0 rings (SSSR count). The molecule has 0 fully saturated rings. The van der Waals surface area contributed by atoms with Gasteiger partial charge in [-0.3, -0.25) is 18.6 Å². The molecule has 0 saturated heterocycles. The van der Waals surface area contributed by atoms with E-state index in [4.69, 9.17) is 24.3 Å². The van der Waals surface area contributed by atoms with Crippen LogP contribution in [-0.4, -0.2) is 49.3 Å². The first-order valence-electron chi connectivity index (χ1n) is 29.5. The van der Waals surface area contributed by atoms with E-state index in [1.807, 2.05) is 0 Å². The fourth-order valence-electron chi connectivity index (χ4n) is 8.60. The van der Waals surface area contributed by atoms with E-state index >= 15 is 0 Å². The van der Waals surface area contributed by atoms with Crippen molar-refractivity contribution in [2.45, 2.75) is 302 Å². The van der Waals surface area contributed by atoms with Crippen molar-refractivity contribution >= 4 is 19.8 Å². The van der Waals surface area contributed by atoms with E-state index in [2.05, 4.69) is 50.3 Å². The van der Waals surface area contributed by atoms with Crippen molar-refractivity contribution in [2.75, 3.05) is 26.4 Å². The van der Waals surface area contributed by atoms with E-state index in [1.165, 1.54) is 212 Å². The summed E-state index contributed by atoms with van der Waals surface area (Å²) in [5.41, 5.74) is 5.38. The van der Waals surface area contributed by atoms with Crippen molar-refractivity contribution in [3.63, 3.8) is 0 Å². The number of carbonyl (C=O) groups is 2. The number of hydrogen-bond donors (Lipinski definition) is 2. The monoisotopic (exact) mass is 994 g/mol. The minimum atomic E-state index is -4.39. The predicted octanol–water partition coefficient (Wildman–Crippen LogP) is 18.4. The Bertz CT molecular complexity index is 1220. The molecule has 0 heterocycles. The lowest BCUT2D eigenvalue weighted by Gasteiger charge is -2.19. The molecular formula is C59H112NO8P. The molecular weight excluding hydrogens is 882 g/mol. The van der Waals surface area contributed by atoms with E-state index in [0.29, 0.717) is 6.42 Å². The molecule has 2 atom stereocenters. The number of phosphoric acid groups is 1. The molecule has 0 aromatic rings. The van der Waals surface area contributed by atoms with Crippen molar-refractivity contribution in [1.29, 1.82) is 0 Å². The summed E-state index contributed by atoms with van der Waals surface area (Å²) >= 11 is 0. The lowest BCUT2D eigenvalue weighted by atomic mass is 10.0. The molecule has 406 valence electrons. The molecule has 0 saturated carbocycles. The first-order valence-corrected chi connectivity index (χ1v) is 31.0. The third kappa shape index (κ3) is 55.4. The fraction of sp³-hybridized carbons (Fsp3) is 0.864. The number of ether oxygens (including phenoxy) is 2. The lowest BCUT2D eigenvalue weighted by Crippen LogP contribution is -2.29. The highest BCUT2D eigenvalue weighted by Crippen LogP contribution is 2.43. The van der Waals surface area contributed by atoms with Crippen LogP contribution in [0, 0.1) is 0 Å². The molecule has 69 heavy (non-hydrogen) atoms. The van der Waals surface area contributed by atoms with E-state index in [-0.39, 0.29) is 38.6 Å². The van der Waals surface area contributed by atoms with Crippen LogP contribution in [-0.2, 0) is 32.7 Å². The van der Waals surface area contributed by atoms with Gasteiger partial charge in [-0.1, -0.05) is 249 Å². The maximum absolute atomic E-state index is 12.7. The highest BCUT2D eigenvalue weighted by atomic mass is 31.2. The third-order valence-electron chi connectivity index (χ3n) is 13.0. The van der Waals surface area contributed by atoms with Gasteiger partial charge in [0.25, 0.3) is 0 Å². The number of carbonyl (C=O) groups excluding carboxylic acids is 2. The molecule has 10 heteroatoms. The van der Waals surface area contributed by atoms with Crippen molar-refractivity contribution < 1.29 is 37.6 Å². The van der Waals surface area contributed by atoms with Crippen molar-refractivity contribution in [3.8, 4) is 0 Å². The molecule has 2 unspecified atom stereocenters. The van der Waals surface area contributed by atoms with Crippen LogP contribution in [0.2, 0.25) is 0 Å². The third-order valence-corrected chi connectivity index (χ3v) is 14.0. The Morgan fingerprint density at radius 2 is 0.754 bits per heavy atom. The molecule has 0 aliphatic carbocycles. The number of nitrogens with two attached hydrogens (primary N) is 1. The largest absolute Gasteiger partial charge is 0.472 e. The van der Waals surface area contributed by atoms with Crippen molar-refractivity contribution in [2.24, 2.45) is 5.73 Å². The molecule has 9 nitrogen and oxygen atoms in total. The first-order chi connectivity index (χ1) is 33.8. The van der Waals surface area contributed by atoms with Gasteiger partial charge in [-0.2, -0.15) is 0 Å². The van der Waals surface area contributed by atoms with Crippen LogP contribution in [0.15, 0.2) is 36.5 Å². The summed E-state index contributed by atoms with van der Waals surface area (Å²) in [5, 5.41) is 0. The number of hydrogen-bond acceptors (Lipinski definition) is 8. The maximum atomic E-state index is 12.7. The Balaban J connectivity index is 3.93. The van der Waals surface area contributed by atoms with E-state index < -0.39 is 26.5 Å². The Hall–Kier alpha value is -1.77. The second-order valence-corrected chi connectivity index (χ2v) is 21.3. The van der Waals surface area contributed by atoms with Crippen LogP contribution in [0.3, 0.4) is 0 Å². The number of unbranched alkanes of at least 4 members (excludes halogenated alkanes) is 37. The molecule has 0 aromatic heterocycles. The van der Waals surface area contributed by atoms with Crippen LogP contribution in [0.1, 0.15) is 296 Å². The Morgan fingerprint density at radius 3 is 1.12 bits per heavy atom.